The number of hydrogen-bond donors (Lipinski definition) is 1. The van der Waals surface area contributed by atoms with Gasteiger partial charge in [0.15, 0.2) is 0 Å². The number of aryl methyl sites for hydroxylation is 1. The number of anilines is 2. The second-order valence-electron chi connectivity index (χ2n) is 4.89. The first-order valence-corrected chi connectivity index (χ1v) is 7.34. The van der Waals surface area contributed by atoms with Gasteiger partial charge in [0.05, 0.1) is 17.9 Å². The Bertz CT molecular complexity index is 669. The molecule has 0 unspecified atom stereocenters. The average molecular weight is 331 g/mol. The van der Waals surface area contributed by atoms with Gasteiger partial charge in [-0.3, -0.25) is 9.69 Å². The number of amides is 1. The van der Waals surface area contributed by atoms with Crippen LogP contribution >= 0.6 is 15.9 Å². The molecule has 0 radical (unpaired) electrons. The zero-order valence-corrected chi connectivity index (χ0v) is 12.8. The average Bonchev–Trinajstić information content (AvgIpc) is 2.60. The first-order valence-electron chi connectivity index (χ1n) is 6.54. The van der Waals surface area contributed by atoms with Crippen LogP contribution in [0.25, 0.3) is 0 Å². The lowest BCUT2D eigenvalue weighted by molar-refractivity contribution is -0.117. The van der Waals surface area contributed by atoms with E-state index in [1.54, 1.807) is 4.90 Å². The van der Waals surface area contributed by atoms with Gasteiger partial charge >= 0.3 is 0 Å². The Hall–Kier alpha value is -1.65. The topological polar surface area (TPSA) is 32.3 Å². The molecule has 0 atom stereocenters. The molecule has 1 aliphatic heterocycles. The quantitative estimate of drug-likeness (QED) is 0.867. The van der Waals surface area contributed by atoms with E-state index in [1.165, 1.54) is 0 Å². The van der Waals surface area contributed by atoms with Crippen molar-refractivity contribution in [2.24, 2.45) is 0 Å². The van der Waals surface area contributed by atoms with E-state index < -0.39 is 0 Å². The minimum absolute atomic E-state index is 0.0608. The molecule has 0 saturated carbocycles. The number of fused-ring (bicyclic) bond motifs is 1. The Morgan fingerprint density at radius 1 is 1.15 bits per heavy atom. The smallest absolute Gasteiger partial charge is 0.245 e. The van der Waals surface area contributed by atoms with Gasteiger partial charge in [0, 0.05) is 11.0 Å². The number of para-hydroxylation sites is 1. The molecule has 0 spiro atoms. The zero-order chi connectivity index (χ0) is 14.1. The van der Waals surface area contributed by atoms with E-state index in [0.29, 0.717) is 13.1 Å². The van der Waals surface area contributed by atoms with E-state index in [2.05, 4.69) is 27.3 Å². The van der Waals surface area contributed by atoms with Crippen molar-refractivity contribution in [2.45, 2.75) is 13.5 Å². The van der Waals surface area contributed by atoms with Gasteiger partial charge in [0.25, 0.3) is 0 Å². The number of carbonyl (C=O) groups is 1. The van der Waals surface area contributed by atoms with Gasteiger partial charge in [-0.2, -0.15) is 0 Å². The monoisotopic (exact) mass is 330 g/mol. The van der Waals surface area contributed by atoms with Crippen molar-refractivity contribution in [2.75, 3.05) is 11.4 Å². The predicted octanol–water partition coefficient (Wildman–Crippen LogP) is 3.53. The molecule has 1 heterocycles. The number of carbonyl (C=O) groups excluding carboxylic acids is 1. The Morgan fingerprint density at radius 2 is 1.95 bits per heavy atom. The molecule has 0 aromatic heterocycles. The summed E-state index contributed by atoms with van der Waals surface area (Å²) in [5.74, 6) is 0.0608. The second-order valence-corrected chi connectivity index (χ2v) is 5.75. The maximum Gasteiger partial charge on any atom is 0.245 e. The fourth-order valence-electron chi connectivity index (χ4n) is 2.40. The third-order valence-corrected chi connectivity index (χ3v) is 4.34. The van der Waals surface area contributed by atoms with Crippen LogP contribution in [-0.2, 0) is 11.3 Å². The molecule has 0 aliphatic carbocycles. The zero-order valence-electron chi connectivity index (χ0n) is 11.2. The summed E-state index contributed by atoms with van der Waals surface area (Å²) in [6, 6.07) is 14.0. The summed E-state index contributed by atoms with van der Waals surface area (Å²) in [5.41, 5.74) is 4.14. The van der Waals surface area contributed by atoms with E-state index in [4.69, 9.17) is 0 Å². The normalized spacial score (nSPS) is 14.9. The number of benzene rings is 2. The van der Waals surface area contributed by atoms with Crippen molar-refractivity contribution < 1.29 is 4.79 Å². The maximum atomic E-state index is 12.4. The highest BCUT2D eigenvalue weighted by Crippen LogP contribution is 2.32. The third-order valence-electron chi connectivity index (χ3n) is 3.49. The van der Waals surface area contributed by atoms with Gasteiger partial charge in [-0.1, -0.05) is 40.2 Å². The molecular weight excluding hydrogens is 316 g/mol. The van der Waals surface area contributed by atoms with Crippen LogP contribution < -0.4 is 10.2 Å². The molecule has 0 fully saturated rings. The van der Waals surface area contributed by atoms with Crippen molar-refractivity contribution in [3.8, 4) is 0 Å². The van der Waals surface area contributed by atoms with Gasteiger partial charge in [0.1, 0.15) is 0 Å². The molecule has 1 amide bonds. The van der Waals surface area contributed by atoms with E-state index in [0.717, 1.165) is 27.0 Å². The molecule has 0 saturated heterocycles. The molecule has 102 valence electrons. The van der Waals surface area contributed by atoms with Crippen LogP contribution in [-0.4, -0.2) is 12.5 Å². The molecule has 2 aromatic carbocycles. The third kappa shape index (κ3) is 2.37. The summed E-state index contributed by atoms with van der Waals surface area (Å²) in [5, 5.41) is 3.18. The van der Waals surface area contributed by atoms with Gasteiger partial charge in [-0.15, -0.1) is 0 Å². The largest absolute Gasteiger partial charge is 0.304 e. The van der Waals surface area contributed by atoms with Crippen molar-refractivity contribution in [3.05, 3.63) is 58.1 Å². The minimum Gasteiger partial charge on any atom is -0.304 e. The Morgan fingerprint density at radius 3 is 2.75 bits per heavy atom. The lowest BCUT2D eigenvalue weighted by atomic mass is 10.1. The van der Waals surface area contributed by atoms with Crippen LogP contribution in [0, 0.1) is 6.92 Å². The fourth-order valence-corrected chi connectivity index (χ4v) is 2.77. The number of rotatable bonds is 1. The molecule has 2 aromatic rings. The minimum atomic E-state index is 0.0608. The summed E-state index contributed by atoms with van der Waals surface area (Å²) in [7, 11) is 0. The predicted molar refractivity (Wildman–Crippen MR) is 84.2 cm³/mol. The van der Waals surface area contributed by atoms with Crippen molar-refractivity contribution in [1.29, 1.82) is 0 Å². The molecule has 3 nitrogen and oxygen atoms in total. The van der Waals surface area contributed by atoms with Crippen molar-refractivity contribution in [1.82, 2.24) is 5.32 Å². The van der Waals surface area contributed by atoms with Crippen LogP contribution in [0.3, 0.4) is 0 Å². The van der Waals surface area contributed by atoms with Crippen molar-refractivity contribution >= 4 is 33.2 Å². The summed E-state index contributed by atoms with van der Waals surface area (Å²) in [6.07, 6.45) is 0. The number of halogens is 1. The number of nitrogens with one attached hydrogen (secondary N) is 1. The van der Waals surface area contributed by atoms with E-state index >= 15 is 0 Å². The van der Waals surface area contributed by atoms with Crippen LogP contribution in [0.5, 0.6) is 0 Å². The van der Waals surface area contributed by atoms with Crippen LogP contribution in [0.1, 0.15) is 11.1 Å². The van der Waals surface area contributed by atoms with Crippen LogP contribution in [0.4, 0.5) is 11.4 Å². The standard InChI is InChI=1S/C16H15BrN2O/c1-11-6-7-13(8-14(11)17)19-15-5-3-2-4-12(15)9-18-10-16(19)20/h2-8,18H,9-10H2,1H3. The van der Waals surface area contributed by atoms with Crippen molar-refractivity contribution in [3.63, 3.8) is 0 Å². The first kappa shape index (κ1) is 13.3. The van der Waals surface area contributed by atoms with E-state index in [1.807, 2.05) is 43.3 Å². The summed E-state index contributed by atoms with van der Waals surface area (Å²) >= 11 is 3.54. The van der Waals surface area contributed by atoms with E-state index in [-0.39, 0.29) is 5.91 Å². The molecular formula is C16H15BrN2O. The fraction of sp³-hybridized carbons (Fsp3) is 0.188. The SMILES string of the molecule is Cc1ccc(N2C(=O)CNCc3ccccc32)cc1Br. The summed E-state index contributed by atoms with van der Waals surface area (Å²) < 4.78 is 1.01. The highest BCUT2D eigenvalue weighted by Gasteiger charge is 2.23. The van der Waals surface area contributed by atoms with Gasteiger partial charge in [0.2, 0.25) is 5.91 Å². The first-order chi connectivity index (χ1) is 9.66. The Labute approximate surface area is 126 Å². The molecule has 3 rings (SSSR count). The lowest BCUT2D eigenvalue weighted by Gasteiger charge is -2.23. The molecule has 1 N–H and O–H groups in total. The van der Waals surface area contributed by atoms with Crippen LogP contribution in [0.15, 0.2) is 46.9 Å². The lowest BCUT2D eigenvalue weighted by Crippen LogP contribution is -2.31. The highest BCUT2D eigenvalue weighted by molar-refractivity contribution is 9.10. The van der Waals surface area contributed by atoms with Gasteiger partial charge < -0.3 is 5.32 Å². The van der Waals surface area contributed by atoms with Crippen LogP contribution in [0.2, 0.25) is 0 Å². The van der Waals surface area contributed by atoms with E-state index in [9.17, 15) is 4.79 Å². The molecule has 0 bridgehead atoms. The second kappa shape index (κ2) is 5.38. The van der Waals surface area contributed by atoms with Gasteiger partial charge in [-0.25, -0.2) is 0 Å². The summed E-state index contributed by atoms with van der Waals surface area (Å²) in [6.45, 7) is 3.10. The molecule has 1 aliphatic rings. The molecule has 4 heteroatoms. The Balaban J connectivity index is 2.14. The van der Waals surface area contributed by atoms with Gasteiger partial charge in [-0.05, 0) is 36.2 Å². The number of hydrogen-bond acceptors (Lipinski definition) is 2. The number of nitrogens with zero attached hydrogens (tertiary/aromatic N) is 1. The maximum absolute atomic E-state index is 12.4. The Kier molecular flexibility index (Phi) is 3.59. The molecule has 20 heavy (non-hydrogen) atoms. The summed E-state index contributed by atoms with van der Waals surface area (Å²) in [4.78, 5) is 14.2. The highest BCUT2D eigenvalue weighted by atomic mass is 79.9.